The van der Waals surface area contributed by atoms with Crippen molar-refractivity contribution < 1.29 is 19.2 Å². The van der Waals surface area contributed by atoms with E-state index in [2.05, 4.69) is 10.6 Å². The van der Waals surface area contributed by atoms with E-state index in [0.29, 0.717) is 17.0 Å². The molecule has 0 radical (unpaired) electrons. The Kier molecular flexibility index (Phi) is 6.35. The van der Waals surface area contributed by atoms with E-state index >= 15 is 0 Å². The normalized spacial score (nSPS) is 12.0. The number of carbonyl (C=O) groups is 2. The second-order valence-electron chi connectivity index (χ2n) is 7.28. The van der Waals surface area contributed by atoms with Crippen molar-refractivity contribution >= 4 is 23.2 Å². The van der Waals surface area contributed by atoms with E-state index < -0.39 is 11.0 Å². The number of ether oxygens (including phenoxy) is 1. The highest BCUT2D eigenvalue weighted by atomic mass is 16.6. The summed E-state index contributed by atoms with van der Waals surface area (Å²) in [6.07, 6.45) is -0.815. The third-order valence-electron chi connectivity index (χ3n) is 3.63. The van der Waals surface area contributed by atoms with Gasteiger partial charge in [0.25, 0.3) is 17.5 Å². The van der Waals surface area contributed by atoms with Gasteiger partial charge in [0.05, 0.1) is 4.92 Å². The van der Waals surface area contributed by atoms with Crippen molar-refractivity contribution in [1.82, 2.24) is 5.32 Å². The van der Waals surface area contributed by atoms with E-state index in [1.54, 1.807) is 31.2 Å². The molecule has 0 bridgehead atoms. The van der Waals surface area contributed by atoms with Crippen LogP contribution in [-0.4, -0.2) is 28.4 Å². The van der Waals surface area contributed by atoms with Gasteiger partial charge in [0.2, 0.25) is 0 Å². The lowest BCUT2D eigenvalue weighted by Gasteiger charge is -2.20. The molecule has 0 spiro atoms. The van der Waals surface area contributed by atoms with E-state index in [0.717, 1.165) is 0 Å². The molecule has 2 aromatic rings. The van der Waals surface area contributed by atoms with Gasteiger partial charge in [0.15, 0.2) is 6.10 Å². The Hall–Kier alpha value is -3.42. The minimum Gasteiger partial charge on any atom is -0.481 e. The summed E-state index contributed by atoms with van der Waals surface area (Å²) in [5.74, 6) is -0.229. The molecular weight excluding hydrogens is 362 g/mol. The van der Waals surface area contributed by atoms with Crippen molar-refractivity contribution in [3.05, 3.63) is 64.2 Å². The maximum atomic E-state index is 12.3. The molecule has 8 heteroatoms. The summed E-state index contributed by atoms with van der Waals surface area (Å²) in [5, 5.41) is 16.2. The average Bonchev–Trinajstić information content (AvgIpc) is 2.61. The number of amides is 2. The van der Waals surface area contributed by atoms with Crippen molar-refractivity contribution in [3.63, 3.8) is 0 Å². The van der Waals surface area contributed by atoms with Crippen molar-refractivity contribution in [2.75, 3.05) is 5.32 Å². The summed E-state index contributed by atoms with van der Waals surface area (Å²) in [6, 6.07) is 12.0. The molecule has 2 N–H and O–H groups in total. The lowest BCUT2D eigenvalue weighted by atomic mass is 10.1. The molecule has 2 aromatic carbocycles. The molecule has 0 aliphatic carbocycles. The van der Waals surface area contributed by atoms with E-state index in [1.165, 1.54) is 24.3 Å². The Balaban J connectivity index is 1.94. The predicted octanol–water partition coefficient (Wildman–Crippen LogP) is 3.53. The first kappa shape index (κ1) is 20.9. The van der Waals surface area contributed by atoms with Crippen molar-refractivity contribution in [2.24, 2.45) is 0 Å². The van der Waals surface area contributed by atoms with Gasteiger partial charge in [0.1, 0.15) is 5.75 Å². The predicted molar refractivity (Wildman–Crippen MR) is 105 cm³/mol. The zero-order valence-electron chi connectivity index (χ0n) is 16.2. The van der Waals surface area contributed by atoms with Crippen molar-refractivity contribution in [2.45, 2.75) is 39.3 Å². The van der Waals surface area contributed by atoms with Gasteiger partial charge in [-0.05, 0) is 64.1 Å². The number of nitrogens with zero attached hydrogens (tertiary/aromatic N) is 1. The molecule has 0 aromatic heterocycles. The number of anilines is 1. The molecule has 0 aliphatic rings. The highest BCUT2D eigenvalue weighted by Crippen LogP contribution is 2.19. The molecule has 28 heavy (non-hydrogen) atoms. The number of hydrogen-bond donors (Lipinski definition) is 2. The molecule has 0 heterocycles. The first-order valence-electron chi connectivity index (χ1n) is 8.70. The zero-order chi connectivity index (χ0) is 20.9. The zero-order valence-corrected chi connectivity index (χ0v) is 16.2. The maximum Gasteiger partial charge on any atom is 0.269 e. The number of nitrogens with one attached hydrogen (secondary N) is 2. The molecule has 0 fully saturated rings. The molecule has 1 atom stereocenters. The minimum atomic E-state index is -0.815. The van der Waals surface area contributed by atoms with E-state index in [4.69, 9.17) is 4.74 Å². The Bertz CT molecular complexity index is 855. The Morgan fingerprint density at radius 1 is 1.04 bits per heavy atom. The minimum absolute atomic E-state index is 0.0555. The summed E-state index contributed by atoms with van der Waals surface area (Å²) in [6.45, 7) is 7.26. The lowest BCUT2D eigenvalue weighted by Crippen LogP contribution is -2.40. The second kappa shape index (κ2) is 8.51. The fraction of sp³-hybridized carbons (Fsp3) is 0.300. The number of non-ortho nitro benzene ring substituents is 1. The quantitative estimate of drug-likeness (QED) is 0.584. The molecule has 1 unspecified atom stereocenters. The van der Waals surface area contributed by atoms with E-state index in [9.17, 15) is 19.7 Å². The number of rotatable bonds is 6. The molecule has 8 nitrogen and oxygen atoms in total. The van der Waals surface area contributed by atoms with Crippen LogP contribution in [0.2, 0.25) is 0 Å². The summed E-state index contributed by atoms with van der Waals surface area (Å²) in [4.78, 5) is 34.5. The average molecular weight is 385 g/mol. The van der Waals surface area contributed by atoms with Gasteiger partial charge in [-0.15, -0.1) is 0 Å². The molecule has 0 saturated carbocycles. The fourth-order valence-corrected chi connectivity index (χ4v) is 2.27. The van der Waals surface area contributed by atoms with Crippen molar-refractivity contribution in [3.8, 4) is 5.75 Å². The standard InChI is InChI=1S/C20H23N3O5/c1-13(28-17-11-9-16(10-12-17)23(26)27)18(24)21-15-7-5-14(6-8-15)19(25)22-20(2,3)4/h5-13H,1-4H3,(H,21,24)(H,22,25). The number of carbonyl (C=O) groups excluding carboxylic acids is 2. The molecule has 0 aliphatic heterocycles. The Labute approximate surface area is 163 Å². The topological polar surface area (TPSA) is 111 Å². The van der Waals surface area contributed by atoms with E-state index in [1.807, 2.05) is 20.8 Å². The first-order chi connectivity index (χ1) is 13.0. The van der Waals surface area contributed by atoms with Crippen LogP contribution in [0.1, 0.15) is 38.1 Å². The summed E-state index contributed by atoms with van der Waals surface area (Å²) in [7, 11) is 0. The molecular formula is C20H23N3O5. The Morgan fingerprint density at radius 2 is 1.61 bits per heavy atom. The van der Waals surface area contributed by atoms with Gasteiger partial charge in [-0.1, -0.05) is 0 Å². The SMILES string of the molecule is CC(Oc1ccc([N+](=O)[O-])cc1)C(=O)Nc1ccc(C(=O)NC(C)(C)C)cc1. The van der Waals surface area contributed by atoms with Gasteiger partial charge in [-0.25, -0.2) is 0 Å². The summed E-state index contributed by atoms with van der Waals surface area (Å²) in [5.41, 5.74) is 0.619. The molecule has 2 rings (SSSR count). The van der Waals surface area contributed by atoms with Crippen molar-refractivity contribution in [1.29, 1.82) is 0 Å². The van der Waals surface area contributed by atoms with Gasteiger partial charge < -0.3 is 15.4 Å². The lowest BCUT2D eigenvalue weighted by molar-refractivity contribution is -0.384. The smallest absolute Gasteiger partial charge is 0.269 e. The van der Waals surface area contributed by atoms with Crippen LogP contribution >= 0.6 is 0 Å². The van der Waals surface area contributed by atoms with Gasteiger partial charge in [0, 0.05) is 28.9 Å². The van der Waals surface area contributed by atoms with Crippen LogP contribution < -0.4 is 15.4 Å². The Morgan fingerprint density at radius 3 is 2.11 bits per heavy atom. The summed E-state index contributed by atoms with van der Waals surface area (Å²) < 4.78 is 5.50. The van der Waals surface area contributed by atoms with Crippen LogP contribution in [0.25, 0.3) is 0 Å². The highest BCUT2D eigenvalue weighted by Gasteiger charge is 2.17. The molecule has 2 amide bonds. The van der Waals surface area contributed by atoms with Crippen LogP contribution in [0.3, 0.4) is 0 Å². The monoisotopic (exact) mass is 385 g/mol. The highest BCUT2D eigenvalue weighted by molar-refractivity contribution is 5.97. The van der Waals surface area contributed by atoms with E-state index in [-0.39, 0.29) is 23.0 Å². The van der Waals surface area contributed by atoms with Crippen LogP contribution in [0.15, 0.2) is 48.5 Å². The van der Waals surface area contributed by atoms with Gasteiger partial charge in [-0.2, -0.15) is 0 Å². The first-order valence-corrected chi connectivity index (χ1v) is 8.70. The van der Waals surface area contributed by atoms with Crippen LogP contribution in [0, 0.1) is 10.1 Å². The molecule has 0 saturated heterocycles. The number of benzene rings is 2. The number of nitro benzene ring substituents is 1. The number of nitro groups is 1. The third kappa shape index (κ3) is 6.08. The van der Waals surface area contributed by atoms with Gasteiger partial charge in [-0.3, -0.25) is 19.7 Å². The maximum absolute atomic E-state index is 12.3. The van der Waals surface area contributed by atoms with Crippen LogP contribution in [-0.2, 0) is 4.79 Å². The third-order valence-corrected chi connectivity index (χ3v) is 3.63. The molecule has 148 valence electrons. The van der Waals surface area contributed by atoms with Crippen LogP contribution in [0.5, 0.6) is 5.75 Å². The van der Waals surface area contributed by atoms with Crippen LogP contribution in [0.4, 0.5) is 11.4 Å². The fourth-order valence-electron chi connectivity index (χ4n) is 2.27. The second-order valence-corrected chi connectivity index (χ2v) is 7.28. The van der Waals surface area contributed by atoms with Gasteiger partial charge >= 0.3 is 0 Å². The number of hydrogen-bond acceptors (Lipinski definition) is 5. The summed E-state index contributed by atoms with van der Waals surface area (Å²) >= 11 is 0. The largest absolute Gasteiger partial charge is 0.481 e.